The van der Waals surface area contributed by atoms with Crippen molar-refractivity contribution in [2.24, 2.45) is 11.8 Å². The van der Waals surface area contributed by atoms with E-state index in [1.807, 2.05) is 0 Å². The number of benzene rings is 1. The molecule has 1 fully saturated rings. The van der Waals surface area contributed by atoms with Gasteiger partial charge in [-0.2, -0.15) is 0 Å². The molecule has 3 atom stereocenters. The van der Waals surface area contributed by atoms with Crippen molar-refractivity contribution in [3.63, 3.8) is 0 Å². The maximum Gasteiger partial charge on any atom is 0.0325 e. The monoisotopic (exact) mass is 245 g/mol. The quantitative estimate of drug-likeness (QED) is 0.802. The van der Waals surface area contributed by atoms with Crippen LogP contribution in [0.25, 0.3) is 0 Å². The van der Waals surface area contributed by atoms with E-state index in [9.17, 15) is 0 Å². The summed E-state index contributed by atoms with van der Waals surface area (Å²) in [5.74, 6) is 1.57. The van der Waals surface area contributed by atoms with Crippen LogP contribution in [0.1, 0.15) is 58.1 Å². The van der Waals surface area contributed by atoms with Crippen LogP contribution in [0.3, 0.4) is 0 Å². The lowest BCUT2D eigenvalue weighted by atomic mass is 9.95. The summed E-state index contributed by atoms with van der Waals surface area (Å²) >= 11 is 0. The second-order valence-electron chi connectivity index (χ2n) is 6.27. The molecule has 0 radical (unpaired) electrons. The second-order valence-corrected chi connectivity index (χ2v) is 6.27. The molecule has 0 amide bonds. The van der Waals surface area contributed by atoms with E-state index in [1.165, 1.54) is 31.2 Å². The molecule has 1 aliphatic carbocycles. The van der Waals surface area contributed by atoms with Crippen molar-refractivity contribution in [3.05, 3.63) is 35.9 Å². The van der Waals surface area contributed by atoms with Gasteiger partial charge in [0, 0.05) is 12.1 Å². The molecule has 1 aromatic carbocycles. The molecule has 1 saturated carbocycles. The van der Waals surface area contributed by atoms with E-state index in [2.05, 4.69) is 56.4 Å². The lowest BCUT2D eigenvalue weighted by Crippen LogP contribution is -2.35. The zero-order valence-electron chi connectivity index (χ0n) is 12.0. The van der Waals surface area contributed by atoms with Crippen molar-refractivity contribution >= 4 is 0 Å². The largest absolute Gasteiger partial charge is 0.307 e. The van der Waals surface area contributed by atoms with Crippen molar-refractivity contribution in [1.29, 1.82) is 0 Å². The highest BCUT2D eigenvalue weighted by Crippen LogP contribution is 2.29. The summed E-state index contributed by atoms with van der Waals surface area (Å²) in [5.41, 5.74) is 1.45. The molecule has 1 aromatic rings. The van der Waals surface area contributed by atoms with E-state index in [0.717, 1.165) is 11.8 Å². The molecule has 2 rings (SSSR count). The van der Waals surface area contributed by atoms with E-state index >= 15 is 0 Å². The number of nitrogens with one attached hydrogen (secondary N) is 1. The van der Waals surface area contributed by atoms with Crippen LogP contribution in [0, 0.1) is 11.8 Å². The SMILES string of the molecule is CC(C)CC(NC1CCCC1C)c1ccccc1. The molecule has 3 unspecified atom stereocenters. The molecule has 1 heteroatoms. The third-order valence-corrected chi connectivity index (χ3v) is 4.19. The van der Waals surface area contributed by atoms with Gasteiger partial charge in [0.1, 0.15) is 0 Å². The fourth-order valence-electron chi connectivity index (χ4n) is 3.11. The Hall–Kier alpha value is -0.820. The van der Waals surface area contributed by atoms with Crippen LogP contribution in [0.2, 0.25) is 0 Å². The Kier molecular flexibility index (Phi) is 4.82. The Morgan fingerprint density at radius 3 is 2.44 bits per heavy atom. The first kappa shape index (κ1) is 13.6. The van der Waals surface area contributed by atoms with Crippen LogP contribution >= 0.6 is 0 Å². The van der Waals surface area contributed by atoms with Crippen LogP contribution in [-0.4, -0.2) is 6.04 Å². The first-order valence-electron chi connectivity index (χ1n) is 7.48. The third-order valence-electron chi connectivity index (χ3n) is 4.19. The first-order chi connectivity index (χ1) is 8.66. The maximum absolute atomic E-state index is 3.91. The highest BCUT2D eigenvalue weighted by molar-refractivity contribution is 5.19. The molecule has 1 N–H and O–H groups in total. The van der Waals surface area contributed by atoms with E-state index < -0.39 is 0 Å². The third kappa shape index (κ3) is 3.58. The Balaban J connectivity index is 2.05. The van der Waals surface area contributed by atoms with Gasteiger partial charge in [0.15, 0.2) is 0 Å². The number of hydrogen-bond acceptors (Lipinski definition) is 1. The van der Waals surface area contributed by atoms with Crippen molar-refractivity contribution in [3.8, 4) is 0 Å². The van der Waals surface area contributed by atoms with Crippen molar-refractivity contribution in [1.82, 2.24) is 5.32 Å². The summed E-state index contributed by atoms with van der Waals surface area (Å²) < 4.78 is 0. The molecular weight excluding hydrogens is 218 g/mol. The molecule has 0 saturated heterocycles. The minimum atomic E-state index is 0.525. The molecule has 100 valence electrons. The van der Waals surface area contributed by atoms with Crippen molar-refractivity contribution in [2.45, 2.75) is 58.5 Å². The van der Waals surface area contributed by atoms with Gasteiger partial charge in [-0.1, -0.05) is 57.5 Å². The van der Waals surface area contributed by atoms with E-state index in [0.29, 0.717) is 12.1 Å². The molecule has 18 heavy (non-hydrogen) atoms. The van der Waals surface area contributed by atoms with Crippen molar-refractivity contribution in [2.75, 3.05) is 0 Å². The standard InChI is InChI=1S/C17H27N/c1-13(2)12-17(15-9-5-4-6-10-15)18-16-11-7-8-14(16)3/h4-6,9-10,13-14,16-18H,7-8,11-12H2,1-3H3. The van der Waals surface area contributed by atoms with Gasteiger partial charge in [-0.25, -0.2) is 0 Å². The smallest absolute Gasteiger partial charge is 0.0325 e. The highest BCUT2D eigenvalue weighted by Gasteiger charge is 2.26. The van der Waals surface area contributed by atoms with Crippen molar-refractivity contribution < 1.29 is 0 Å². The Bertz CT molecular complexity index is 344. The van der Waals surface area contributed by atoms with Gasteiger partial charge in [0.2, 0.25) is 0 Å². The van der Waals surface area contributed by atoms with Gasteiger partial charge < -0.3 is 5.32 Å². The average molecular weight is 245 g/mol. The van der Waals surface area contributed by atoms with Gasteiger partial charge in [-0.3, -0.25) is 0 Å². The molecule has 0 bridgehead atoms. The molecule has 1 nitrogen and oxygen atoms in total. The normalized spacial score (nSPS) is 25.6. The Morgan fingerprint density at radius 2 is 1.89 bits per heavy atom. The molecule has 0 heterocycles. The van der Waals surface area contributed by atoms with E-state index in [4.69, 9.17) is 0 Å². The van der Waals surface area contributed by atoms with Crippen LogP contribution in [0.5, 0.6) is 0 Å². The molecule has 0 aromatic heterocycles. The second kappa shape index (κ2) is 6.38. The fraction of sp³-hybridized carbons (Fsp3) is 0.647. The van der Waals surface area contributed by atoms with E-state index in [1.54, 1.807) is 0 Å². The average Bonchev–Trinajstić information content (AvgIpc) is 2.75. The Labute approximate surface area is 112 Å². The van der Waals surface area contributed by atoms with Crippen LogP contribution < -0.4 is 5.32 Å². The summed E-state index contributed by atoms with van der Waals surface area (Å²) in [6.45, 7) is 7.02. The van der Waals surface area contributed by atoms with Gasteiger partial charge >= 0.3 is 0 Å². The highest BCUT2D eigenvalue weighted by atomic mass is 15.0. The molecule has 1 aliphatic rings. The lowest BCUT2D eigenvalue weighted by molar-refractivity contribution is 0.340. The maximum atomic E-state index is 3.91. The minimum absolute atomic E-state index is 0.525. The van der Waals surface area contributed by atoms with Crippen LogP contribution in [0.4, 0.5) is 0 Å². The predicted octanol–water partition coefficient (Wildman–Crippen LogP) is 4.55. The van der Waals surface area contributed by atoms with Gasteiger partial charge in [-0.15, -0.1) is 0 Å². The topological polar surface area (TPSA) is 12.0 Å². The number of hydrogen-bond donors (Lipinski definition) is 1. The fourth-order valence-corrected chi connectivity index (χ4v) is 3.11. The summed E-state index contributed by atoms with van der Waals surface area (Å²) in [4.78, 5) is 0. The summed E-state index contributed by atoms with van der Waals surface area (Å²) in [7, 11) is 0. The van der Waals surface area contributed by atoms with Gasteiger partial charge in [0.25, 0.3) is 0 Å². The van der Waals surface area contributed by atoms with Gasteiger partial charge in [0.05, 0.1) is 0 Å². The Morgan fingerprint density at radius 1 is 1.17 bits per heavy atom. The molecule has 0 spiro atoms. The summed E-state index contributed by atoms with van der Waals surface area (Å²) in [6, 6.07) is 12.2. The summed E-state index contributed by atoms with van der Waals surface area (Å²) in [6.07, 6.45) is 5.36. The predicted molar refractivity (Wildman–Crippen MR) is 78.6 cm³/mol. The first-order valence-corrected chi connectivity index (χ1v) is 7.48. The zero-order chi connectivity index (χ0) is 13.0. The summed E-state index contributed by atoms with van der Waals surface area (Å²) in [5, 5.41) is 3.91. The molecule has 0 aliphatic heterocycles. The lowest BCUT2D eigenvalue weighted by Gasteiger charge is -2.27. The van der Waals surface area contributed by atoms with Crippen LogP contribution in [0.15, 0.2) is 30.3 Å². The number of rotatable bonds is 5. The van der Waals surface area contributed by atoms with Gasteiger partial charge in [-0.05, 0) is 36.7 Å². The molecular formula is C17H27N. The minimum Gasteiger partial charge on any atom is -0.307 e. The van der Waals surface area contributed by atoms with E-state index in [-0.39, 0.29) is 0 Å². The van der Waals surface area contributed by atoms with Crippen LogP contribution in [-0.2, 0) is 0 Å². The zero-order valence-corrected chi connectivity index (χ0v) is 12.0.